The number of methoxy groups -OCH3 is 1. The van der Waals surface area contributed by atoms with E-state index < -0.39 is 24.0 Å². The fraction of sp³-hybridized carbons (Fsp3) is 0.450. The Labute approximate surface area is 185 Å². The third kappa shape index (κ3) is 3.62. The van der Waals surface area contributed by atoms with Crippen molar-refractivity contribution in [1.29, 1.82) is 0 Å². The number of benzene rings is 1. The van der Waals surface area contributed by atoms with Gasteiger partial charge in [-0.3, -0.25) is 4.79 Å². The molecule has 1 amide bonds. The summed E-state index contributed by atoms with van der Waals surface area (Å²) in [7, 11) is 1.25. The predicted octanol–water partition coefficient (Wildman–Crippen LogP) is 4.18. The van der Waals surface area contributed by atoms with Gasteiger partial charge >= 0.3 is 12.5 Å². The Morgan fingerprint density at radius 2 is 2.23 bits per heavy atom. The van der Waals surface area contributed by atoms with Crippen LogP contribution in [0.5, 0.6) is 0 Å². The zero-order chi connectivity index (χ0) is 21.6. The smallest absolute Gasteiger partial charge is 0.333 e. The number of likely N-dealkylation sites (tertiary alicyclic amines) is 1. The van der Waals surface area contributed by atoms with E-state index in [0.29, 0.717) is 34.7 Å². The van der Waals surface area contributed by atoms with E-state index in [2.05, 4.69) is 21.0 Å². The maximum atomic E-state index is 13.3. The molecular weight excluding hydrogens is 484 g/mol. The number of esters is 1. The molecule has 2 heterocycles. The number of hydrogen-bond acceptors (Lipinski definition) is 4. The van der Waals surface area contributed by atoms with E-state index in [1.807, 2.05) is 12.1 Å². The van der Waals surface area contributed by atoms with Crippen molar-refractivity contribution in [1.82, 2.24) is 14.7 Å². The van der Waals surface area contributed by atoms with Gasteiger partial charge < -0.3 is 9.64 Å². The second-order valence-electron chi connectivity index (χ2n) is 7.68. The van der Waals surface area contributed by atoms with Crippen molar-refractivity contribution in [3.8, 4) is 0 Å². The SMILES string of the molecule is COC(=O)[C@@H](Cc1cnn(C(F)F)c1)N1CC[C@@]2(C[C@@H]2c2ccc(Br)cc2Cl)C1=O. The number of carbonyl (C=O) groups is 2. The molecule has 10 heteroatoms. The molecular formula is C20H19BrClF2N3O3. The van der Waals surface area contributed by atoms with Crippen molar-refractivity contribution in [2.75, 3.05) is 13.7 Å². The first kappa shape index (κ1) is 21.2. The zero-order valence-electron chi connectivity index (χ0n) is 16.0. The van der Waals surface area contributed by atoms with E-state index in [-0.39, 0.29) is 18.2 Å². The van der Waals surface area contributed by atoms with Crippen LogP contribution < -0.4 is 0 Å². The Balaban J connectivity index is 1.55. The van der Waals surface area contributed by atoms with E-state index in [9.17, 15) is 18.4 Å². The molecule has 2 aromatic rings. The lowest BCUT2D eigenvalue weighted by Gasteiger charge is -2.26. The summed E-state index contributed by atoms with van der Waals surface area (Å²) in [5.74, 6) is -0.706. The van der Waals surface area contributed by atoms with Crippen LogP contribution in [0.4, 0.5) is 8.78 Å². The first-order chi connectivity index (χ1) is 14.3. The average Bonchev–Trinajstić information content (AvgIpc) is 3.06. The molecule has 160 valence electrons. The van der Waals surface area contributed by atoms with E-state index in [1.54, 1.807) is 6.07 Å². The number of alkyl halides is 2. The number of ether oxygens (including phenoxy) is 1. The number of carbonyl (C=O) groups excluding carboxylic acids is 2. The number of rotatable bonds is 6. The van der Waals surface area contributed by atoms with Crippen LogP contribution in [0.2, 0.25) is 5.02 Å². The summed E-state index contributed by atoms with van der Waals surface area (Å²) in [5, 5.41) is 4.20. The Hall–Kier alpha value is -2.00. The van der Waals surface area contributed by atoms with Crippen molar-refractivity contribution in [2.45, 2.75) is 37.8 Å². The maximum absolute atomic E-state index is 13.3. The highest BCUT2D eigenvalue weighted by Gasteiger charge is 2.65. The lowest BCUT2D eigenvalue weighted by Crippen LogP contribution is -2.45. The quantitative estimate of drug-likeness (QED) is 0.556. The molecule has 1 spiro atoms. The third-order valence-electron chi connectivity index (χ3n) is 6.03. The Morgan fingerprint density at radius 3 is 2.87 bits per heavy atom. The van der Waals surface area contributed by atoms with Crippen LogP contribution >= 0.6 is 27.5 Å². The number of amides is 1. The van der Waals surface area contributed by atoms with E-state index >= 15 is 0 Å². The lowest BCUT2D eigenvalue weighted by atomic mass is 9.97. The monoisotopic (exact) mass is 501 g/mol. The van der Waals surface area contributed by atoms with Crippen molar-refractivity contribution in [3.63, 3.8) is 0 Å². The van der Waals surface area contributed by atoms with Gasteiger partial charge in [-0.25, -0.2) is 9.48 Å². The summed E-state index contributed by atoms with van der Waals surface area (Å²) in [6, 6.07) is 4.72. The number of halogens is 4. The summed E-state index contributed by atoms with van der Waals surface area (Å²) in [4.78, 5) is 27.3. The molecule has 1 saturated heterocycles. The molecule has 4 rings (SSSR count). The molecule has 2 aliphatic rings. The molecule has 1 aromatic carbocycles. The topological polar surface area (TPSA) is 64.4 Å². The fourth-order valence-electron chi connectivity index (χ4n) is 4.39. The summed E-state index contributed by atoms with van der Waals surface area (Å²) in [6.45, 7) is -2.37. The minimum atomic E-state index is -2.77. The van der Waals surface area contributed by atoms with Gasteiger partial charge in [-0.1, -0.05) is 33.6 Å². The van der Waals surface area contributed by atoms with Gasteiger partial charge in [0.2, 0.25) is 5.91 Å². The summed E-state index contributed by atoms with van der Waals surface area (Å²) >= 11 is 9.76. The van der Waals surface area contributed by atoms with E-state index in [0.717, 1.165) is 10.0 Å². The number of nitrogens with zero attached hydrogens (tertiary/aromatic N) is 3. The molecule has 0 unspecified atom stereocenters. The molecule has 30 heavy (non-hydrogen) atoms. The highest BCUT2D eigenvalue weighted by Crippen LogP contribution is 2.66. The summed E-state index contributed by atoms with van der Waals surface area (Å²) in [6.07, 6.45) is 3.79. The molecule has 6 nitrogen and oxygen atoms in total. The summed E-state index contributed by atoms with van der Waals surface area (Å²) in [5.41, 5.74) is 0.780. The van der Waals surface area contributed by atoms with E-state index in [4.69, 9.17) is 16.3 Å². The molecule has 1 aliphatic heterocycles. The van der Waals surface area contributed by atoms with Gasteiger partial charge in [-0.05, 0) is 36.1 Å². The molecule has 1 aliphatic carbocycles. The van der Waals surface area contributed by atoms with Gasteiger partial charge in [-0.15, -0.1) is 0 Å². The lowest BCUT2D eigenvalue weighted by molar-refractivity contribution is -0.152. The van der Waals surface area contributed by atoms with Crippen LogP contribution in [0, 0.1) is 5.41 Å². The molecule has 1 aromatic heterocycles. The zero-order valence-corrected chi connectivity index (χ0v) is 18.4. The van der Waals surface area contributed by atoms with Crippen molar-refractivity contribution < 1.29 is 23.1 Å². The number of hydrogen-bond donors (Lipinski definition) is 0. The average molecular weight is 503 g/mol. The number of aromatic nitrogens is 2. The summed E-state index contributed by atoms with van der Waals surface area (Å²) < 4.78 is 31.9. The standard InChI is InChI=1S/C20H19BrClF2N3O3/c1-30-17(28)16(6-11-9-25-27(10-11)19(23)24)26-5-4-20(18(26)29)8-14(20)13-3-2-12(21)7-15(13)22/h2-3,7,9-10,14,16,19H,4-6,8H2,1H3/t14-,16-,20+/m1/s1. The fourth-order valence-corrected chi connectivity index (χ4v) is 5.20. The second kappa shape index (κ2) is 7.92. The third-order valence-corrected chi connectivity index (χ3v) is 6.85. The molecule has 1 saturated carbocycles. The highest BCUT2D eigenvalue weighted by atomic mass is 79.9. The van der Waals surface area contributed by atoms with Gasteiger partial charge in [0.05, 0.1) is 18.7 Å². The van der Waals surface area contributed by atoms with Gasteiger partial charge in [-0.2, -0.15) is 13.9 Å². The molecule has 0 radical (unpaired) electrons. The first-order valence-electron chi connectivity index (χ1n) is 9.42. The Morgan fingerprint density at radius 1 is 1.47 bits per heavy atom. The molecule has 2 fully saturated rings. The van der Waals surface area contributed by atoms with Crippen LogP contribution in [0.15, 0.2) is 35.1 Å². The predicted molar refractivity (Wildman–Crippen MR) is 108 cm³/mol. The van der Waals surface area contributed by atoms with Crippen molar-refractivity contribution in [3.05, 3.63) is 51.2 Å². The van der Waals surface area contributed by atoms with Gasteiger partial charge in [0.15, 0.2) is 0 Å². The Bertz CT molecular complexity index is 1000. The van der Waals surface area contributed by atoms with Crippen molar-refractivity contribution >= 4 is 39.4 Å². The van der Waals surface area contributed by atoms with Crippen LogP contribution in [0.1, 0.15) is 36.4 Å². The molecule has 3 atom stereocenters. The van der Waals surface area contributed by atoms with Crippen LogP contribution in [0.3, 0.4) is 0 Å². The first-order valence-corrected chi connectivity index (χ1v) is 10.6. The van der Waals surface area contributed by atoms with Gasteiger partial charge in [0.1, 0.15) is 6.04 Å². The van der Waals surface area contributed by atoms with Gasteiger partial charge in [0.25, 0.3) is 0 Å². The highest BCUT2D eigenvalue weighted by molar-refractivity contribution is 9.10. The molecule has 0 N–H and O–H groups in total. The van der Waals surface area contributed by atoms with Crippen LogP contribution in [-0.4, -0.2) is 46.3 Å². The minimum absolute atomic E-state index is 0.00418. The second-order valence-corrected chi connectivity index (χ2v) is 9.00. The van der Waals surface area contributed by atoms with E-state index in [1.165, 1.54) is 24.4 Å². The maximum Gasteiger partial charge on any atom is 0.333 e. The minimum Gasteiger partial charge on any atom is -0.467 e. The Kier molecular flexibility index (Phi) is 5.61. The van der Waals surface area contributed by atoms with Gasteiger partial charge in [0, 0.05) is 34.6 Å². The van der Waals surface area contributed by atoms with Crippen molar-refractivity contribution in [2.24, 2.45) is 5.41 Å². The molecule has 0 bridgehead atoms. The van der Waals surface area contributed by atoms with Crippen LogP contribution in [0.25, 0.3) is 0 Å². The normalized spacial score (nSPS) is 24.0. The largest absolute Gasteiger partial charge is 0.467 e. The van der Waals surface area contributed by atoms with Crippen LogP contribution in [-0.2, 0) is 20.7 Å².